The fraction of sp³-hybridized carbons (Fsp3) is 0. The third-order valence-electron chi connectivity index (χ3n) is 3.80. The van der Waals surface area contributed by atoms with Crippen LogP contribution in [0.3, 0.4) is 0 Å². The van der Waals surface area contributed by atoms with E-state index in [-0.39, 0.29) is 5.56 Å². The van der Waals surface area contributed by atoms with Crippen molar-refractivity contribution in [1.82, 2.24) is 14.5 Å². The minimum absolute atomic E-state index is 0.116. The lowest BCUT2D eigenvalue weighted by Crippen LogP contribution is -2.21. The van der Waals surface area contributed by atoms with Crippen LogP contribution in [0, 0.1) is 0 Å². The van der Waals surface area contributed by atoms with Gasteiger partial charge in [0.25, 0.3) is 5.56 Å². The van der Waals surface area contributed by atoms with Crippen LogP contribution in [0.5, 0.6) is 0 Å². The van der Waals surface area contributed by atoms with Crippen molar-refractivity contribution in [3.63, 3.8) is 0 Å². The van der Waals surface area contributed by atoms with Crippen LogP contribution in [0.25, 0.3) is 28.0 Å². The van der Waals surface area contributed by atoms with Crippen LogP contribution >= 0.6 is 11.6 Å². The van der Waals surface area contributed by atoms with Gasteiger partial charge in [0.05, 0.1) is 16.6 Å². The normalized spacial score (nSPS) is 10.9. The molecule has 2 aromatic heterocycles. The Morgan fingerprint density at radius 2 is 1.58 bits per heavy atom. The molecule has 4 nitrogen and oxygen atoms in total. The summed E-state index contributed by atoms with van der Waals surface area (Å²) in [6.45, 7) is 0. The van der Waals surface area contributed by atoms with Crippen molar-refractivity contribution >= 4 is 22.5 Å². The first-order chi connectivity index (χ1) is 11.7. The standard InChI is InChI=1S/C19H12ClN3O/c20-14-5-7-15(8-6-14)23-18(13-9-11-21-12-10-13)22-17-4-2-1-3-16(17)19(23)24/h1-12H. The Hall–Kier alpha value is -2.98. The van der Waals surface area contributed by atoms with Crippen molar-refractivity contribution in [2.45, 2.75) is 0 Å². The summed E-state index contributed by atoms with van der Waals surface area (Å²) in [4.78, 5) is 21.8. The number of aromatic nitrogens is 3. The van der Waals surface area contributed by atoms with Crippen LogP contribution in [-0.2, 0) is 0 Å². The van der Waals surface area contributed by atoms with E-state index in [1.54, 1.807) is 35.2 Å². The SMILES string of the molecule is O=c1c2ccccc2nc(-c2ccncc2)n1-c1ccc(Cl)cc1. The quantitative estimate of drug-likeness (QED) is 0.555. The minimum Gasteiger partial charge on any atom is -0.268 e. The van der Waals surface area contributed by atoms with Crippen molar-refractivity contribution in [3.05, 3.63) is 88.4 Å². The predicted molar refractivity (Wildman–Crippen MR) is 95.6 cm³/mol. The topological polar surface area (TPSA) is 47.8 Å². The van der Waals surface area contributed by atoms with Gasteiger partial charge in [0.1, 0.15) is 5.82 Å². The Kier molecular flexibility index (Phi) is 3.59. The highest BCUT2D eigenvalue weighted by Crippen LogP contribution is 2.22. The predicted octanol–water partition coefficient (Wildman–Crippen LogP) is 4.10. The smallest absolute Gasteiger partial charge is 0.266 e. The van der Waals surface area contributed by atoms with Gasteiger partial charge in [0.2, 0.25) is 0 Å². The number of halogens is 1. The number of pyridine rings is 1. The number of rotatable bonds is 2. The van der Waals surface area contributed by atoms with E-state index < -0.39 is 0 Å². The van der Waals surface area contributed by atoms with Gasteiger partial charge >= 0.3 is 0 Å². The van der Waals surface area contributed by atoms with E-state index >= 15 is 0 Å². The van der Waals surface area contributed by atoms with Gasteiger partial charge in [-0.2, -0.15) is 0 Å². The van der Waals surface area contributed by atoms with Crippen LogP contribution in [0.4, 0.5) is 0 Å². The van der Waals surface area contributed by atoms with E-state index in [0.29, 0.717) is 21.7 Å². The van der Waals surface area contributed by atoms with Gasteiger partial charge in [-0.25, -0.2) is 4.98 Å². The first-order valence-corrected chi connectivity index (χ1v) is 7.80. The maximum atomic E-state index is 13.1. The van der Waals surface area contributed by atoms with Crippen LogP contribution < -0.4 is 5.56 Å². The molecule has 0 aliphatic rings. The molecule has 4 rings (SSSR count). The lowest BCUT2D eigenvalue weighted by Gasteiger charge is -2.13. The molecule has 0 fully saturated rings. The molecule has 0 unspecified atom stereocenters. The van der Waals surface area contributed by atoms with Crippen LogP contribution in [0.2, 0.25) is 5.02 Å². The Labute approximate surface area is 143 Å². The summed E-state index contributed by atoms with van der Waals surface area (Å²) in [5.41, 5.74) is 2.09. The lowest BCUT2D eigenvalue weighted by molar-refractivity contribution is 0.975. The number of nitrogens with zero attached hydrogens (tertiary/aromatic N) is 3. The minimum atomic E-state index is -0.116. The van der Waals surface area contributed by atoms with Crippen molar-refractivity contribution in [2.24, 2.45) is 0 Å². The Morgan fingerprint density at radius 3 is 2.33 bits per heavy atom. The number of hydrogen-bond donors (Lipinski definition) is 0. The molecule has 0 saturated carbocycles. The van der Waals surface area contributed by atoms with Crippen molar-refractivity contribution in [1.29, 1.82) is 0 Å². The van der Waals surface area contributed by atoms with Crippen molar-refractivity contribution in [2.75, 3.05) is 0 Å². The zero-order chi connectivity index (χ0) is 16.5. The molecule has 5 heteroatoms. The molecule has 0 N–H and O–H groups in total. The maximum absolute atomic E-state index is 13.1. The second-order valence-corrected chi connectivity index (χ2v) is 5.74. The highest BCUT2D eigenvalue weighted by molar-refractivity contribution is 6.30. The number of hydrogen-bond acceptors (Lipinski definition) is 3. The fourth-order valence-corrected chi connectivity index (χ4v) is 2.78. The molecule has 2 heterocycles. The molecule has 0 saturated heterocycles. The van der Waals surface area contributed by atoms with Gasteiger partial charge in [0, 0.05) is 23.0 Å². The Balaban J connectivity index is 2.11. The summed E-state index contributed by atoms with van der Waals surface area (Å²) in [5, 5.41) is 1.19. The molecular formula is C19H12ClN3O. The zero-order valence-electron chi connectivity index (χ0n) is 12.6. The summed E-state index contributed by atoms with van der Waals surface area (Å²) in [6.07, 6.45) is 3.37. The molecule has 2 aromatic carbocycles. The largest absolute Gasteiger partial charge is 0.268 e. The van der Waals surface area contributed by atoms with E-state index in [2.05, 4.69) is 4.98 Å². The summed E-state index contributed by atoms with van der Waals surface area (Å²) >= 11 is 5.98. The maximum Gasteiger partial charge on any atom is 0.266 e. The molecule has 116 valence electrons. The second kappa shape index (κ2) is 5.91. The molecule has 0 bridgehead atoms. The van der Waals surface area contributed by atoms with E-state index in [4.69, 9.17) is 16.6 Å². The van der Waals surface area contributed by atoms with Crippen LogP contribution in [-0.4, -0.2) is 14.5 Å². The Bertz CT molecular complexity index is 1070. The third-order valence-corrected chi connectivity index (χ3v) is 4.05. The average molecular weight is 334 g/mol. The summed E-state index contributed by atoms with van der Waals surface area (Å²) in [6, 6.07) is 18.1. The molecule has 0 aliphatic carbocycles. The number of para-hydroxylation sites is 1. The molecule has 0 radical (unpaired) electrons. The van der Waals surface area contributed by atoms with Crippen molar-refractivity contribution < 1.29 is 0 Å². The van der Waals surface area contributed by atoms with Crippen LogP contribution in [0.15, 0.2) is 77.9 Å². The highest BCUT2D eigenvalue weighted by Gasteiger charge is 2.14. The molecule has 0 atom stereocenters. The number of fused-ring (bicyclic) bond motifs is 1. The molecule has 4 aromatic rings. The summed E-state index contributed by atoms with van der Waals surface area (Å²) in [7, 11) is 0. The monoisotopic (exact) mass is 333 g/mol. The van der Waals surface area contributed by atoms with E-state index in [1.165, 1.54) is 0 Å². The van der Waals surface area contributed by atoms with Gasteiger partial charge in [-0.1, -0.05) is 23.7 Å². The van der Waals surface area contributed by atoms with Gasteiger partial charge in [0.15, 0.2) is 0 Å². The van der Waals surface area contributed by atoms with E-state index in [9.17, 15) is 4.79 Å². The van der Waals surface area contributed by atoms with E-state index in [1.807, 2.05) is 42.5 Å². The average Bonchev–Trinajstić information content (AvgIpc) is 2.63. The lowest BCUT2D eigenvalue weighted by atomic mass is 10.2. The summed E-state index contributed by atoms with van der Waals surface area (Å²) < 4.78 is 1.61. The summed E-state index contributed by atoms with van der Waals surface area (Å²) in [5.74, 6) is 0.573. The highest BCUT2D eigenvalue weighted by atomic mass is 35.5. The van der Waals surface area contributed by atoms with Crippen molar-refractivity contribution in [3.8, 4) is 17.1 Å². The molecule has 24 heavy (non-hydrogen) atoms. The zero-order valence-corrected chi connectivity index (χ0v) is 13.3. The number of benzene rings is 2. The second-order valence-electron chi connectivity index (χ2n) is 5.31. The first-order valence-electron chi connectivity index (χ1n) is 7.42. The van der Waals surface area contributed by atoms with Gasteiger partial charge < -0.3 is 0 Å². The molecular weight excluding hydrogens is 322 g/mol. The Morgan fingerprint density at radius 1 is 0.875 bits per heavy atom. The molecule has 0 aliphatic heterocycles. The van der Waals surface area contributed by atoms with Gasteiger partial charge in [-0.3, -0.25) is 14.3 Å². The molecule has 0 amide bonds. The fourth-order valence-electron chi connectivity index (χ4n) is 2.66. The van der Waals surface area contributed by atoms with Gasteiger partial charge in [-0.05, 0) is 48.5 Å². The van der Waals surface area contributed by atoms with E-state index in [0.717, 1.165) is 11.3 Å². The van der Waals surface area contributed by atoms with Crippen LogP contribution in [0.1, 0.15) is 0 Å². The first kappa shape index (κ1) is 14.6. The molecule has 0 spiro atoms. The van der Waals surface area contributed by atoms with Gasteiger partial charge in [-0.15, -0.1) is 0 Å². The third kappa shape index (κ3) is 2.47.